The molecular formula is C51H36N8O4. The van der Waals surface area contributed by atoms with Crippen molar-refractivity contribution in [2.75, 3.05) is 6.54 Å². The Kier molecular flexibility index (Phi) is 11.7. The topological polar surface area (TPSA) is 176 Å². The number of nitrogens with one attached hydrogen (secondary N) is 2. The van der Waals surface area contributed by atoms with Crippen LogP contribution in [0.15, 0.2) is 149 Å². The minimum Gasteiger partial charge on any atom is -0.352 e. The van der Waals surface area contributed by atoms with E-state index in [1.807, 2.05) is 13.0 Å². The Labute approximate surface area is 361 Å². The Balaban J connectivity index is 1.10. The zero-order chi connectivity index (χ0) is 43.9. The quantitative estimate of drug-likeness (QED) is 0.133. The Morgan fingerprint density at radius 1 is 0.571 bits per heavy atom. The molecule has 8 aromatic rings. The molecule has 2 N–H and O–H groups in total. The van der Waals surface area contributed by atoms with Gasteiger partial charge in [0.2, 0.25) is 0 Å². The highest BCUT2D eigenvalue weighted by Gasteiger charge is 2.17. The van der Waals surface area contributed by atoms with Crippen LogP contribution in [0, 0.1) is 22.7 Å². The largest absolute Gasteiger partial charge is 0.352 e. The van der Waals surface area contributed by atoms with Crippen LogP contribution < -0.4 is 21.8 Å². The summed E-state index contributed by atoms with van der Waals surface area (Å²) in [6, 6.07) is 43.9. The summed E-state index contributed by atoms with van der Waals surface area (Å²) in [5.74, 6) is -0.0221. The molecule has 0 saturated heterocycles. The molecule has 2 amide bonds. The molecule has 0 radical (unpaired) electrons. The van der Waals surface area contributed by atoms with Gasteiger partial charge in [0.25, 0.3) is 22.9 Å². The van der Waals surface area contributed by atoms with E-state index in [0.29, 0.717) is 79.2 Å². The van der Waals surface area contributed by atoms with E-state index in [1.165, 1.54) is 9.13 Å². The number of carbonyl (C=O) groups excluding carboxylic acids is 2. The second kappa shape index (κ2) is 18.1. The van der Waals surface area contributed by atoms with Gasteiger partial charge in [0, 0.05) is 24.2 Å². The predicted octanol–water partition coefficient (Wildman–Crippen LogP) is 7.85. The summed E-state index contributed by atoms with van der Waals surface area (Å²) in [5, 5.41) is 24.9. The second-order valence-electron chi connectivity index (χ2n) is 14.4. The molecule has 0 bridgehead atoms. The van der Waals surface area contributed by atoms with Gasteiger partial charge in [0.15, 0.2) is 0 Å². The van der Waals surface area contributed by atoms with Crippen LogP contribution in [0.1, 0.15) is 67.1 Å². The summed E-state index contributed by atoms with van der Waals surface area (Å²) in [4.78, 5) is 64.6. The summed E-state index contributed by atoms with van der Waals surface area (Å²) in [6.07, 6.45) is 7.02. The Hall–Kier alpha value is -9.00. The summed E-state index contributed by atoms with van der Waals surface area (Å²) >= 11 is 0. The third-order valence-electron chi connectivity index (χ3n) is 10.2. The lowest BCUT2D eigenvalue weighted by Crippen LogP contribution is -2.26. The summed E-state index contributed by atoms with van der Waals surface area (Å²) in [6.45, 7) is 2.33. The van der Waals surface area contributed by atoms with Crippen LogP contribution in [0.3, 0.4) is 0 Å². The summed E-state index contributed by atoms with van der Waals surface area (Å²) in [5.41, 5.74) is 5.08. The normalized spacial score (nSPS) is 11.2. The lowest BCUT2D eigenvalue weighted by Gasteiger charge is -2.14. The van der Waals surface area contributed by atoms with Crippen molar-refractivity contribution in [1.82, 2.24) is 29.7 Å². The molecule has 12 heteroatoms. The molecule has 304 valence electrons. The van der Waals surface area contributed by atoms with Crippen LogP contribution in [0.4, 0.5) is 0 Å². The zero-order valence-electron chi connectivity index (χ0n) is 33.8. The number of hydrogen-bond acceptors (Lipinski definition) is 8. The van der Waals surface area contributed by atoms with Crippen molar-refractivity contribution in [2.24, 2.45) is 0 Å². The molecule has 2 heterocycles. The number of hydrogen-bond donors (Lipinski definition) is 2. The number of para-hydroxylation sites is 1. The first kappa shape index (κ1) is 40.8. The van der Waals surface area contributed by atoms with Gasteiger partial charge in [-0.05, 0) is 121 Å². The molecule has 0 unspecified atom stereocenters. The van der Waals surface area contributed by atoms with Crippen molar-refractivity contribution in [1.29, 1.82) is 10.5 Å². The van der Waals surface area contributed by atoms with E-state index in [-0.39, 0.29) is 23.6 Å². The standard InChI is InChI=1S/C51H36N8O4/c1-2-54-48(60)38-7-5-10-41(28-38)59-47(26-23-34-15-19-36(31-53)20-16-34)57-45-24-21-37(27-43(45)51(59)63)32-55-49(61)39-8-6-9-40(29-39)58-46(25-22-33-13-17-35(30-52)18-14-33)56-44-12-4-3-11-42(44)50(58)62/h3-29H,2,32H2,1H3,(H,54,60)(H,55,61)/b25-22+,26-23+. The van der Waals surface area contributed by atoms with Crippen molar-refractivity contribution >= 4 is 57.9 Å². The zero-order valence-corrected chi connectivity index (χ0v) is 33.8. The average molecular weight is 825 g/mol. The average Bonchev–Trinajstić information content (AvgIpc) is 3.32. The van der Waals surface area contributed by atoms with Gasteiger partial charge >= 0.3 is 0 Å². The van der Waals surface area contributed by atoms with Crippen molar-refractivity contribution in [3.8, 4) is 23.5 Å². The van der Waals surface area contributed by atoms with Gasteiger partial charge in [-0.3, -0.25) is 28.3 Å². The van der Waals surface area contributed by atoms with E-state index in [1.54, 1.807) is 158 Å². The molecule has 0 atom stereocenters. The third-order valence-corrected chi connectivity index (χ3v) is 10.2. The van der Waals surface area contributed by atoms with Crippen molar-refractivity contribution in [2.45, 2.75) is 13.5 Å². The number of fused-ring (bicyclic) bond motifs is 2. The SMILES string of the molecule is CCNC(=O)c1cccc(-n2c(/C=C/c3ccc(C#N)cc3)nc3ccc(CNC(=O)c4cccc(-n5c(/C=C/c6ccc(C#N)cc6)nc6ccccc6c5=O)c4)cc3c2=O)c1. The number of nitrogens with zero attached hydrogens (tertiary/aromatic N) is 6. The third kappa shape index (κ3) is 8.82. The number of rotatable bonds is 11. The lowest BCUT2D eigenvalue weighted by molar-refractivity contribution is 0.0945. The maximum absolute atomic E-state index is 14.4. The molecule has 2 aromatic heterocycles. The Bertz CT molecular complexity index is 3350. The van der Waals surface area contributed by atoms with Gasteiger partial charge in [-0.1, -0.05) is 66.7 Å². The minimum atomic E-state index is -0.408. The Morgan fingerprint density at radius 2 is 1.08 bits per heavy atom. The van der Waals surface area contributed by atoms with Crippen LogP contribution in [-0.2, 0) is 6.54 Å². The monoisotopic (exact) mass is 824 g/mol. The fourth-order valence-electron chi connectivity index (χ4n) is 7.03. The van der Waals surface area contributed by atoms with Crippen LogP contribution in [0.25, 0.3) is 57.5 Å². The predicted molar refractivity (Wildman–Crippen MR) is 244 cm³/mol. The van der Waals surface area contributed by atoms with Crippen molar-refractivity contribution < 1.29 is 9.59 Å². The van der Waals surface area contributed by atoms with Gasteiger partial charge in [0.05, 0.1) is 56.4 Å². The van der Waals surface area contributed by atoms with Gasteiger partial charge < -0.3 is 10.6 Å². The van der Waals surface area contributed by atoms with Gasteiger partial charge in [-0.25, -0.2) is 9.97 Å². The Morgan fingerprint density at radius 3 is 1.62 bits per heavy atom. The summed E-state index contributed by atoms with van der Waals surface area (Å²) in [7, 11) is 0. The first-order chi connectivity index (χ1) is 30.7. The van der Waals surface area contributed by atoms with E-state index in [2.05, 4.69) is 22.8 Å². The molecule has 0 aliphatic rings. The molecule has 63 heavy (non-hydrogen) atoms. The van der Waals surface area contributed by atoms with Crippen molar-refractivity contribution in [3.05, 3.63) is 211 Å². The molecule has 0 spiro atoms. The first-order valence-corrected chi connectivity index (χ1v) is 19.9. The van der Waals surface area contributed by atoms with E-state index in [0.717, 1.165) is 11.1 Å². The van der Waals surface area contributed by atoms with E-state index < -0.39 is 5.91 Å². The molecule has 0 fully saturated rings. The van der Waals surface area contributed by atoms with E-state index in [9.17, 15) is 29.7 Å². The van der Waals surface area contributed by atoms with Gasteiger partial charge in [-0.15, -0.1) is 0 Å². The first-order valence-electron chi connectivity index (χ1n) is 19.9. The molecule has 12 nitrogen and oxygen atoms in total. The molecular weight excluding hydrogens is 789 g/mol. The maximum atomic E-state index is 14.4. The van der Waals surface area contributed by atoms with Crippen LogP contribution >= 0.6 is 0 Å². The van der Waals surface area contributed by atoms with E-state index in [4.69, 9.17) is 9.97 Å². The highest BCUT2D eigenvalue weighted by atomic mass is 16.2. The molecule has 6 aromatic carbocycles. The van der Waals surface area contributed by atoms with Crippen molar-refractivity contribution in [3.63, 3.8) is 0 Å². The molecule has 8 rings (SSSR count). The number of benzene rings is 6. The van der Waals surface area contributed by atoms with Gasteiger partial charge in [0.1, 0.15) is 11.6 Å². The fourth-order valence-corrected chi connectivity index (χ4v) is 7.03. The highest BCUT2D eigenvalue weighted by molar-refractivity contribution is 5.95. The number of nitriles is 2. The molecule has 0 saturated carbocycles. The number of carbonyl (C=O) groups is 2. The number of amides is 2. The van der Waals surface area contributed by atoms with Crippen LogP contribution in [0.5, 0.6) is 0 Å². The molecule has 0 aliphatic carbocycles. The van der Waals surface area contributed by atoms with Crippen LogP contribution in [-0.4, -0.2) is 37.5 Å². The van der Waals surface area contributed by atoms with Gasteiger partial charge in [-0.2, -0.15) is 10.5 Å². The molecule has 0 aliphatic heterocycles. The maximum Gasteiger partial charge on any atom is 0.266 e. The summed E-state index contributed by atoms with van der Waals surface area (Å²) < 4.78 is 2.90. The second-order valence-corrected chi connectivity index (χ2v) is 14.4. The fraction of sp³-hybridized carbons (Fsp3) is 0.0588. The number of aromatic nitrogens is 4. The smallest absolute Gasteiger partial charge is 0.266 e. The minimum absolute atomic E-state index is 0.0710. The highest BCUT2D eigenvalue weighted by Crippen LogP contribution is 2.20. The lowest BCUT2D eigenvalue weighted by atomic mass is 10.1. The van der Waals surface area contributed by atoms with E-state index >= 15 is 0 Å². The van der Waals surface area contributed by atoms with Crippen LogP contribution in [0.2, 0.25) is 0 Å².